The van der Waals surface area contributed by atoms with E-state index < -0.39 is 66.2 Å². The number of amides is 4. The highest BCUT2D eigenvalue weighted by Crippen LogP contribution is 2.19. The van der Waals surface area contributed by atoms with Crippen molar-refractivity contribution in [2.24, 2.45) is 11.5 Å². The molecule has 15 heteroatoms. The van der Waals surface area contributed by atoms with Gasteiger partial charge in [-0.1, -0.05) is 18.2 Å². The summed E-state index contributed by atoms with van der Waals surface area (Å²) in [6, 6.07) is 1.92. The lowest BCUT2D eigenvalue weighted by Crippen LogP contribution is -2.57. The van der Waals surface area contributed by atoms with Gasteiger partial charge >= 0.3 is 11.9 Å². The van der Waals surface area contributed by atoms with E-state index in [0.29, 0.717) is 11.3 Å². The topological polar surface area (TPSA) is 247 Å². The molecule has 0 aliphatic heterocycles. The maximum Gasteiger partial charge on any atom is 0.326 e. The van der Waals surface area contributed by atoms with Gasteiger partial charge in [-0.3, -0.25) is 24.0 Å². The average molecular weight is 579 g/mol. The number of hydrogen-bond donors (Lipinski definition) is 8. The number of H-pyrrole nitrogens is 1. The number of hydrogen-bond acceptors (Lipinski definition) is 8. The Bertz CT molecular complexity index is 1230. The Morgan fingerprint density at radius 1 is 0.925 bits per heavy atom. The van der Waals surface area contributed by atoms with E-state index in [1.165, 1.54) is 11.8 Å². The molecule has 0 bridgehead atoms. The number of fused-ring (bicyclic) bond motifs is 1. The van der Waals surface area contributed by atoms with Crippen molar-refractivity contribution in [3.05, 3.63) is 36.0 Å². The summed E-state index contributed by atoms with van der Waals surface area (Å²) in [5.41, 5.74) is 12.2. The van der Waals surface area contributed by atoms with Gasteiger partial charge in [0, 0.05) is 29.9 Å². The Morgan fingerprint density at radius 2 is 1.55 bits per heavy atom. The van der Waals surface area contributed by atoms with Crippen LogP contribution in [0.25, 0.3) is 10.9 Å². The highest BCUT2D eigenvalue weighted by Gasteiger charge is 2.31. The summed E-state index contributed by atoms with van der Waals surface area (Å²) < 4.78 is 0. The molecule has 2 rings (SSSR count). The van der Waals surface area contributed by atoms with E-state index in [-0.39, 0.29) is 25.7 Å². The van der Waals surface area contributed by atoms with Crippen molar-refractivity contribution in [1.29, 1.82) is 0 Å². The monoisotopic (exact) mass is 578 g/mol. The molecule has 0 saturated carbocycles. The number of aliphatic carboxylic acids is 2. The molecule has 4 unspecified atom stereocenters. The Hall–Kier alpha value is -4.11. The zero-order valence-electron chi connectivity index (χ0n) is 21.8. The lowest BCUT2D eigenvalue weighted by Gasteiger charge is -2.24. The van der Waals surface area contributed by atoms with Crippen LogP contribution in [0.4, 0.5) is 0 Å². The molecule has 10 N–H and O–H groups in total. The first-order chi connectivity index (χ1) is 18.9. The number of para-hydroxylation sites is 1. The van der Waals surface area contributed by atoms with Crippen molar-refractivity contribution in [2.75, 3.05) is 12.0 Å². The fraction of sp³-hybridized carbons (Fsp3) is 0.440. The largest absolute Gasteiger partial charge is 0.481 e. The number of benzene rings is 1. The van der Waals surface area contributed by atoms with Crippen LogP contribution >= 0.6 is 11.8 Å². The van der Waals surface area contributed by atoms with Crippen LogP contribution < -0.4 is 27.4 Å². The summed E-state index contributed by atoms with van der Waals surface area (Å²) in [6.45, 7) is 0. The fourth-order valence-corrected chi connectivity index (χ4v) is 4.33. The zero-order valence-corrected chi connectivity index (χ0v) is 22.7. The summed E-state index contributed by atoms with van der Waals surface area (Å²) in [4.78, 5) is 75.9. The van der Waals surface area contributed by atoms with E-state index in [9.17, 15) is 39.0 Å². The molecule has 1 aromatic heterocycles. The minimum atomic E-state index is -1.59. The van der Waals surface area contributed by atoms with E-state index in [2.05, 4.69) is 20.9 Å². The van der Waals surface area contributed by atoms with Gasteiger partial charge in [0.2, 0.25) is 23.6 Å². The molecule has 2 aromatic rings. The van der Waals surface area contributed by atoms with Gasteiger partial charge < -0.3 is 42.6 Å². The molecule has 40 heavy (non-hydrogen) atoms. The van der Waals surface area contributed by atoms with E-state index >= 15 is 0 Å². The maximum absolute atomic E-state index is 13.1. The van der Waals surface area contributed by atoms with Crippen molar-refractivity contribution in [3.8, 4) is 0 Å². The predicted octanol–water partition coefficient (Wildman–Crippen LogP) is -0.930. The summed E-state index contributed by atoms with van der Waals surface area (Å²) in [6.07, 6.45) is 2.38. The van der Waals surface area contributed by atoms with E-state index in [1.54, 1.807) is 18.5 Å². The van der Waals surface area contributed by atoms with Crippen molar-refractivity contribution >= 4 is 58.2 Å². The van der Waals surface area contributed by atoms with Crippen LogP contribution in [0.2, 0.25) is 0 Å². The number of carboxylic acids is 2. The average Bonchev–Trinajstić information content (AvgIpc) is 3.30. The number of primary amides is 1. The molecule has 14 nitrogen and oxygen atoms in total. The fourth-order valence-electron chi connectivity index (χ4n) is 3.86. The third kappa shape index (κ3) is 9.89. The number of rotatable bonds is 17. The molecule has 0 aliphatic rings. The van der Waals surface area contributed by atoms with Crippen molar-refractivity contribution in [1.82, 2.24) is 20.9 Å². The molecule has 4 amide bonds. The van der Waals surface area contributed by atoms with Gasteiger partial charge in [-0.25, -0.2) is 4.79 Å². The van der Waals surface area contributed by atoms with Gasteiger partial charge in [0.25, 0.3) is 0 Å². The van der Waals surface area contributed by atoms with Crippen LogP contribution in [0.1, 0.15) is 31.2 Å². The van der Waals surface area contributed by atoms with Crippen LogP contribution in [0, 0.1) is 0 Å². The van der Waals surface area contributed by atoms with Gasteiger partial charge in [-0.15, -0.1) is 0 Å². The summed E-state index contributed by atoms with van der Waals surface area (Å²) in [7, 11) is 0. The van der Waals surface area contributed by atoms with Crippen molar-refractivity contribution < 1.29 is 39.0 Å². The second kappa shape index (κ2) is 15.5. The number of carboxylic acid groups (broad SMARTS) is 2. The van der Waals surface area contributed by atoms with Gasteiger partial charge in [-0.05, 0) is 36.5 Å². The summed E-state index contributed by atoms with van der Waals surface area (Å²) in [5, 5.41) is 26.9. The van der Waals surface area contributed by atoms with Gasteiger partial charge in [0.15, 0.2) is 0 Å². The van der Waals surface area contributed by atoms with Crippen LogP contribution in [-0.2, 0) is 35.2 Å². The lowest BCUT2D eigenvalue weighted by atomic mass is 10.0. The second-order valence-electron chi connectivity index (χ2n) is 9.08. The second-order valence-corrected chi connectivity index (χ2v) is 10.1. The van der Waals surface area contributed by atoms with Gasteiger partial charge in [0.05, 0.1) is 12.5 Å². The number of carbonyl (C=O) groups excluding carboxylic acids is 4. The van der Waals surface area contributed by atoms with Gasteiger partial charge in [0.1, 0.15) is 18.1 Å². The van der Waals surface area contributed by atoms with Gasteiger partial charge in [-0.2, -0.15) is 11.8 Å². The number of aromatic amines is 1. The number of nitrogens with one attached hydrogen (secondary N) is 4. The summed E-state index contributed by atoms with van der Waals surface area (Å²) in [5.74, 6) is -5.59. The molecule has 0 saturated heterocycles. The first-order valence-electron chi connectivity index (χ1n) is 12.4. The quantitative estimate of drug-likeness (QED) is 0.114. The highest BCUT2D eigenvalue weighted by molar-refractivity contribution is 7.98. The molecular formula is C25H34N6O8S. The molecule has 0 radical (unpaired) electrons. The zero-order chi connectivity index (χ0) is 29.8. The molecular weight excluding hydrogens is 544 g/mol. The molecule has 1 heterocycles. The van der Waals surface area contributed by atoms with Crippen molar-refractivity contribution in [3.63, 3.8) is 0 Å². The highest BCUT2D eigenvalue weighted by atomic mass is 32.2. The summed E-state index contributed by atoms with van der Waals surface area (Å²) >= 11 is 1.38. The molecule has 0 aliphatic carbocycles. The maximum atomic E-state index is 13.1. The molecule has 0 fully saturated rings. The van der Waals surface area contributed by atoms with Crippen molar-refractivity contribution in [2.45, 2.75) is 56.3 Å². The van der Waals surface area contributed by atoms with E-state index in [1.807, 2.05) is 18.2 Å². The normalized spacial score (nSPS) is 13.9. The smallest absolute Gasteiger partial charge is 0.326 e. The third-order valence-corrected chi connectivity index (χ3v) is 6.65. The number of thioether (sulfide) groups is 1. The van der Waals surface area contributed by atoms with Crippen LogP contribution in [0.5, 0.6) is 0 Å². The third-order valence-electron chi connectivity index (χ3n) is 6.01. The Kier molecular flexibility index (Phi) is 12.4. The molecule has 0 spiro atoms. The first kappa shape index (κ1) is 32.1. The SMILES string of the molecule is CSCCC(NC(=O)C(CC(=O)O)NC(=O)C(N)CCC(N)=O)C(=O)NC(Cc1c[nH]c2ccccc12)C(=O)O. The number of aromatic nitrogens is 1. The minimum Gasteiger partial charge on any atom is -0.481 e. The molecule has 1 aromatic carbocycles. The van der Waals surface area contributed by atoms with Crippen LogP contribution in [0.15, 0.2) is 30.5 Å². The Labute approximate surface area is 234 Å². The predicted molar refractivity (Wildman–Crippen MR) is 147 cm³/mol. The Balaban J connectivity index is 2.15. The standard InChI is InChI=1S/C25H34N6O8S/c1-40-9-8-17(29-24(37)18(11-21(33)34)30-22(35)15(26)6-7-20(27)32)23(36)31-19(25(38)39)10-13-12-28-16-5-3-2-4-14(13)16/h2-5,12,15,17-19,28H,6-11,26H2,1H3,(H2,27,32)(H,29,37)(H,30,35)(H,31,36)(H,33,34)(H,38,39). The lowest BCUT2D eigenvalue weighted by molar-refractivity contribution is -0.143. The Morgan fingerprint density at radius 3 is 2.17 bits per heavy atom. The van der Waals surface area contributed by atoms with E-state index in [4.69, 9.17) is 11.5 Å². The molecule has 4 atom stereocenters. The van der Waals surface area contributed by atoms with Crippen LogP contribution in [-0.4, -0.2) is 86.9 Å². The minimum absolute atomic E-state index is 0.0326. The first-order valence-corrected chi connectivity index (χ1v) is 13.8. The van der Waals surface area contributed by atoms with Crippen LogP contribution in [0.3, 0.4) is 0 Å². The molecule has 218 valence electrons. The van der Waals surface area contributed by atoms with E-state index in [0.717, 1.165) is 10.9 Å². The number of nitrogens with two attached hydrogens (primary N) is 2. The number of carbonyl (C=O) groups is 6.